The summed E-state index contributed by atoms with van der Waals surface area (Å²) in [6, 6.07) is 5.77. The fourth-order valence-corrected chi connectivity index (χ4v) is 4.19. The van der Waals surface area contributed by atoms with Crippen LogP contribution in [0.25, 0.3) is 11.0 Å². The maximum atomic E-state index is 12.7. The maximum Gasteiger partial charge on any atom is 0.230 e. The number of ether oxygens (including phenoxy) is 2. The molecular formula is C21H25N5O3S. The molecule has 1 N–H and O–H groups in total. The number of nitrogens with one attached hydrogen (secondary N) is 1. The number of carbonyl (C=O) groups excluding carboxylic acids is 1. The van der Waals surface area contributed by atoms with Crippen molar-refractivity contribution in [3.63, 3.8) is 0 Å². The van der Waals surface area contributed by atoms with E-state index in [-0.39, 0.29) is 23.6 Å². The van der Waals surface area contributed by atoms with Gasteiger partial charge >= 0.3 is 0 Å². The summed E-state index contributed by atoms with van der Waals surface area (Å²) >= 11 is 1.38. The number of nitrogens with zero attached hydrogens (tertiary/aromatic N) is 4. The summed E-state index contributed by atoms with van der Waals surface area (Å²) in [6.07, 6.45) is 4.09. The molecule has 0 radical (unpaired) electrons. The summed E-state index contributed by atoms with van der Waals surface area (Å²) in [5.74, 6) is 1.91. The molecule has 4 rings (SSSR count). The zero-order chi connectivity index (χ0) is 21.1. The molecule has 0 saturated heterocycles. The smallest absolute Gasteiger partial charge is 0.230 e. The van der Waals surface area contributed by atoms with Gasteiger partial charge in [0.25, 0.3) is 0 Å². The fraction of sp³-hybridized carbons (Fsp3) is 0.429. The number of thioether (sulfide) groups is 1. The fourth-order valence-electron chi connectivity index (χ4n) is 3.41. The predicted octanol–water partition coefficient (Wildman–Crippen LogP) is 3.13. The average molecular weight is 428 g/mol. The van der Waals surface area contributed by atoms with Crippen LogP contribution in [0, 0.1) is 5.92 Å². The Morgan fingerprint density at radius 2 is 2.03 bits per heavy atom. The van der Waals surface area contributed by atoms with Gasteiger partial charge in [0, 0.05) is 13.5 Å². The van der Waals surface area contributed by atoms with Crippen molar-refractivity contribution in [2.24, 2.45) is 13.0 Å². The molecule has 9 heteroatoms. The normalized spacial score (nSPS) is 14.5. The molecule has 3 aromatic rings. The number of fused-ring (bicyclic) bond motifs is 2. The van der Waals surface area contributed by atoms with E-state index in [2.05, 4.69) is 34.2 Å². The van der Waals surface area contributed by atoms with Crippen LogP contribution >= 0.6 is 11.8 Å². The number of hydrogen-bond donors (Lipinski definition) is 1. The van der Waals surface area contributed by atoms with Crippen LogP contribution in [0.15, 0.2) is 35.7 Å². The van der Waals surface area contributed by atoms with Crippen LogP contribution in [0.3, 0.4) is 0 Å². The lowest BCUT2D eigenvalue weighted by molar-refractivity contribution is -0.119. The Balaban J connectivity index is 1.45. The van der Waals surface area contributed by atoms with E-state index in [1.807, 2.05) is 25.2 Å². The molecule has 0 saturated carbocycles. The van der Waals surface area contributed by atoms with Crippen molar-refractivity contribution in [3.8, 4) is 11.5 Å². The van der Waals surface area contributed by atoms with Crippen molar-refractivity contribution >= 4 is 28.7 Å². The highest BCUT2D eigenvalue weighted by atomic mass is 32.2. The molecule has 158 valence electrons. The van der Waals surface area contributed by atoms with Crippen LogP contribution in [-0.4, -0.2) is 44.6 Å². The van der Waals surface area contributed by atoms with Crippen molar-refractivity contribution in [1.82, 2.24) is 25.1 Å². The van der Waals surface area contributed by atoms with Crippen LogP contribution in [0.5, 0.6) is 11.5 Å². The van der Waals surface area contributed by atoms with Crippen LogP contribution < -0.4 is 14.8 Å². The molecule has 0 fully saturated rings. The van der Waals surface area contributed by atoms with Gasteiger partial charge in [-0.2, -0.15) is 5.10 Å². The summed E-state index contributed by atoms with van der Waals surface area (Å²) in [5, 5.41) is 8.97. The van der Waals surface area contributed by atoms with E-state index >= 15 is 0 Å². The van der Waals surface area contributed by atoms with Crippen LogP contribution in [0.4, 0.5) is 0 Å². The Labute approximate surface area is 179 Å². The van der Waals surface area contributed by atoms with E-state index in [4.69, 9.17) is 9.47 Å². The zero-order valence-electron chi connectivity index (χ0n) is 17.3. The van der Waals surface area contributed by atoms with Crippen LogP contribution in [0.1, 0.15) is 31.9 Å². The van der Waals surface area contributed by atoms with E-state index in [0.29, 0.717) is 13.2 Å². The highest BCUT2D eigenvalue weighted by Crippen LogP contribution is 2.34. The molecule has 1 amide bonds. The van der Waals surface area contributed by atoms with Gasteiger partial charge in [-0.1, -0.05) is 31.7 Å². The average Bonchev–Trinajstić information content (AvgIpc) is 2.97. The van der Waals surface area contributed by atoms with Crippen LogP contribution in [0.2, 0.25) is 0 Å². The lowest BCUT2D eigenvalue weighted by Gasteiger charge is -2.24. The largest absolute Gasteiger partial charge is 0.490 e. The summed E-state index contributed by atoms with van der Waals surface area (Å²) in [4.78, 5) is 21.3. The third-order valence-corrected chi connectivity index (χ3v) is 5.95. The van der Waals surface area contributed by atoms with Gasteiger partial charge in [-0.05, 0) is 23.6 Å². The number of carbonyl (C=O) groups is 1. The first-order chi connectivity index (χ1) is 14.5. The summed E-state index contributed by atoms with van der Waals surface area (Å²) in [6.45, 7) is 5.46. The molecule has 2 aromatic heterocycles. The summed E-state index contributed by atoms with van der Waals surface area (Å²) in [7, 11) is 1.83. The summed E-state index contributed by atoms with van der Waals surface area (Å²) in [5.41, 5.74) is 1.75. The molecule has 1 atom stereocenters. The second-order valence-electron chi connectivity index (χ2n) is 7.52. The Morgan fingerprint density at radius 1 is 1.23 bits per heavy atom. The Morgan fingerprint density at radius 3 is 2.83 bits per heavy atom. The van der Waals surface area contributed by atoms with Gasteiger partial charge in [0.05, 0.1) is 36.6 Å². The highest BCUT2D eigenvalue weighted by molar-refractivity contribution is 8.00. The Hall–Kier alpha value is -2.81. The van der Waals surface area contributed by atoms with Crippen molar-refractivity contribution in [1.29, 1.82) is 0 Å². The van der Waals surface area contributed by atoms with E-state index in [0.717, 1.165) is 39.5 Å². The minimum Gasteiger partial charge on any atom is -0.490 e. The number of aromatic nitrogens is 4. The van der Waals surface area contributed by atoms with Crippen molar-refractivity contribution < 1.29 is 14.3 Å². The predicted molar refractivity (Wildman–Crippen MR) is 115 cm³/mol. The molecule has 8 nitrogen and oxygen atoms in total. The molecule has 1 aliphatic rings. The lowest BCUT2D eigenvalue weighted by Crippen LogP contribution is -2.33. The molecule has 0 spiro atoms. The van der Waals surface area contributed by atoms with E-state index in [1.54, 1.807) is 10.9 Å². The second kappa shape index (κ2) is 8.91. The number of hydrogen-bond acceptors (Lipinski definition) is 7. The maximum absolute atomic E-state index is 12.7. The minimum atomic E-state index is -0.126. The van der Waals surface area contributed by atoms with Gasteiger partial charge in [0.1, 0.15) is 11.4 Å². The quantitative estimate of drug-likeness (QED) is 0.477. The van der Waals surface area contributed by atoms with Crippen molar-refractivity contribution in [2.75, 3.05) is 19.0 Å². The third kappa shape index (κ3) is 4.35. The van der Waals surface area contributed by atoms with Gasteiger partial charge in [-0.3, -0.25) is 9.48 Å². The monoisotopic (exact) mass is 427 g/mol. The van der Waals surface area contributed by atoms with Crippen molar-refractivity contribution in [3.05, 3.63) is 36.3 Å². The first-order valence-corrected chi connectivity index (χ1v) is 11.0. The molecule has 3 heterocycles. The highest BCUT2D eigenvalue weighted by Gasteiger charge is 2.21. The van der Waals surface area contributed by atoms with Crippen molar-refractivity contribution in [2.45, 2.75) is 31.3 Å². The standard InChI is InChI=1S/C21H25N5O3S/c1-13(2)19(14-5-6-16-17(9-14)29-8-4-7-28-16)25-18(27)11-30-21-15-10-24-26(3)20(15)22-12-23-21/h5-6,9-10,12-13,19H,4,7-8,11H2,1-3H3,(H,25,27). The van der Waals surface area contributed by atoms with E-state index in [1.165, 1.54) is 18.1 Å². The van der Waals surface area contributed by atoms with E-state index in [9.17, 15) is 4.79 Å². The van der Waals surface area contributed by atoms with Gasteiger partial charge in [0.15, 0.2) is 17.1 Å². The van der Waals surface area contributed by atoms with Gasteiger partial charge < -0.3 is 14.8 Å². The van der Waals surface area contributed by atoms with Crippen LogP contribution in [-0.2, 0) is 11.8 Å². The molecule has 30 heavy (non-hydrogen) atoms. The Bertz CT molecular complexity index is 1050. The first-order valence-electron chi connectivity index (χ1n) is 9.97. The molecule has 0 aliphatic carbocycles. The van der Waals surface area contributed by atoms with Gasteiger partial charge in [-0.25, -0.2) is 9.97 Å². The topological polar surface area (TPSA) is 91.2 Å². The number of aryl methyl sites for hydroxylation is 1. The molecule has 1 unspecified atom stereocenters. The number of rotatable bonds is 6. The lowest BCUT2D eigenvalue weighted by atomic mass is 9.95. The van der Waals surface area contributed by atoms with E-state index < -0.39 is 0 Å². The zero-order valence-corrected chi connectivity index (χ0v) is 18.1. The molecule has 0 bridgehead atoms. The third-order valence-electron chi connectivity index (χ3n) is 4.95. The molecular weight excluding hydrogens is 402 g/mol. The minimum absolute atomic E-state index is 0.0542. The molecule has 1 aromatic carbocycles. The number of benzene rings is 1. The SMILES string of the molecule is CC(C)C(NC(=O)CSc1ncnc2c1cnn2C)c1ccc2c(c1)OCCCO2. The first kappa shape index (κ1) is 20.5. The van der Waals surface area contributed by atoms with Gasteiger partial charge in [0.2, 0.25) is 5.91 Å². The Kier molecular flexibility index (Phi) is 6.08. The summed E-state index contributed by atoms with van der Waals surface area (Å²) < 4.78 is 13.2. The number of amides is 1. The molecule has 1 aliphatic heterocycles. The second-order valence-corrected chi connectivity index (χ2v) is 8.48. The van der Waals surface area contributed by atoms with Gasteiger partial charge in [-0.15, -0.1) is 0 Å².